The molecule has 2 aliphatic rings. The number of rotatable bonds is 23. The Kier molecular flexibility index (Phi) is 17.7. The number of hydrogen-bond acceptors (Lipinski definition) is 15. The number of aliphatic hydroxyl groups is 1. The zero-order chi connectivity index (χ0) is 56.3. The molecule has 4 amide bonds. The zero-order valence-corrected chi connectivity index (χ0v) is 46.8. The van der Waals surface area contributed by atoms with Gasteiger partial charge in [-0.25, -0.2) is 15.0 Å². The Bertz CT molecular complexity index is 3610. The van der Waals surface area contributed by atoms with Gasteiger partial charge >= 0.3 is 5.91 Å². The Balaban J connectivity index is 0.606. The van der Waals surface area contributed by atoms with Crippen LogP contribution in [0.1, 0.15) is 104 Å². The predicted molar refractivity (Wildman–Crippen MR) is 316 cm³/mol. The molecule has 6 heterocycles. The van der Waals surface area contributed by atoms with Gasteiger partial charge in [0, 0.05) is 85.3 Å². The average Bonchev–Trinajstić information content (AvgIpc) is 4.37. The van der Waals surface area contributed by atoms with E-state index in [9.17, 15) is 29.1 Å². The topological polar surface area (TPSA) is 234 Å². The Morgan fingerprint density at radius 1 is 0.790 bits per heavy atom. The quantitative estimate of drug-likeness (QED) is 0.0349. The van der Waals surface area contributed by atoms with Crippen molar-refractivity contribution in [3.63, 3.8) is 0 Å². The van der Waals surface area contributed by atoms with E-state index in [1.807, 2.05) is 120 Å². The van der Waals surface area contributed by atoms with E-state index in [4.69, 9.17) is 4.98 Å². The molecule has 2 aliphatic heterocycles. The number of nitrogens with zero attached hydrogens (tertiary/aromatic N) is 10. The molecule has 4 N–H and O–H groups in total. The van der Waals surface area contributed by atoms with Crippen molar-refractivity contribution in [2.45, 2.75) is 95.7 Å². The van der Waals surface area contributed by atoms with Crippen LogP contribution >= 0.6 is 22.7 Å². The zero-order valence-electron chi connectivity index (χ0n) is 45.2. The SMILES string of the molecule is C[C@H](CC(=O)N1CCC(O)(Cn2cnc3c(-c4ccc(CNC(=O)CCCCCCCCNC(=O)c5ccc(-c6csc(N7N=C(c8ccccc8)/C(=N\Nc8nccs8)C7=O)n6)cc5)cc4)n(C)nc3c2=O)CC1)c1ccccc1. The lowest BCUT2D eigenvalue weighted by Crippen LogP contribution is -2.49. The highest BCUT2D eigenvalue weighted by atomic mass is 32.1. The van der Waals surface area contributed by atoms with Gasteiger partial charge in [-0.05, 0) is 54.9 Å². The van der Waals surface area contributed by atoms with Gasteiger partial charge < -0.3 is 20.6 Å². The van der Waals surface area contributed by atoms with E-state index in [0.29, 0.717) is 90.3 Å². The largest absolute Gasteiger partial charge is 0.388 e. The third-order valence-corrected chi connectivity index (χ3v) is 16.2. The number of thiazole rings is 2. The molecular formula is C60H63N13O6S2. The van der Waals surface area contributed by atoms with Gasteiger partial charge in [0.2, 0.25) is 22.1 Å². The average molecular weight is 1130 g/mol. The molecule has 81 heavy (non-hydrogen) atoms. The number of anilines is 2. The second-order valence-electron chi connectivity index (χ2n) is 20.5. The van der Waals surface area contributed by atoms with Crippen molar-refractivity contribution < 1.29 is 24.3 Å². The van der Waals surface area contributed by atoms with Gasteiger partial charge in [-0.2, -0.15) is 20.3 Å². The summed E-state index contributed by atoms with van der Waals surface area (Å²) >= 11 is 2.65. The number of piperidine rings is 1. The highest BCUT2D eigenvalue weighted by Crippen LogP contribution is 2.32. The monoisotopic (exact) mass is 1130 g/mol. The molecule has 8 aromatic rings. The lowest BCUT2D eigenvalue weighted by molar-refractivity contribution is -0.136. The summed E-state index contributed by atoms with van der Waals surface area (Å²) in [5, 5.41) is 37.0. The van der Waals surface area contributed by atoms with E-state index < -0.39 is 11.5 Å². The van der Waals surface area contributed by atoms with Crippen molar-refractivity contribution in [3.05, 3.63) is 165 Å². The number of hydrogen-bond donors (Lipinski definition) is 4. The third-order valence-electron chi connectivity index (χ3n) is 14.7. The van der Waals surface area contributed by atoms with Crippen LogP contribution in [0.15, 0.2) is 147 Å². The van der Waals surface area contributed by atoms with Gasteiger partial charge in [-0.3, -0.25) is 38.6 Å². The molecule has 0 unspecified atom stereocenters. The molecular weight excluding hydrogens is 1060 g/mol. The Morgan fingerprint density at radius 3 is 2.22 bits per heavy atom. The van der Waals surface area contributed by atoms with Crippen LogP contribution in [0.4, 0.5) is 10.3 Å². The minimum Gasteiger partial charge on any atom is -0.388 e. The van der Waals surface area contributed by atoms with E-state index in [1.165, 1.54) is 38.6 Å². The second-order valence-corrected chi connectivity index (χ2v) is 22.2. The van der Waals surface area contributed by atoms with Gasteiger partial charge in [-0.15, -0.1) is 22.7 Å². The van der Waals surface area contributed by atoms with Gasteiger partial charge in [0.1, 0.15) is 11.2 Å². The number of carbonyl (C=O) groups is 4. The first-order valence-electron chi connectivity index (χ1n) is 27.3. The van der Waals surface area contributed by atoms with E-state index in [-0.39, 0.29) is 47.0 Å². The first kappa shape index (κ1) is 55.8. The standard InChI is InChI=1S/C60H63N13O6S2/c1-40(42-15-9-7-10-16-42)35-49(75)71-32-28-60(79,29-33-71)38-72-39-64-51-53(56(72)77)68-70(2)54(51)45-22-20-41(21-23-45)36-63-48(74)19-13-5-3-4-6-14-30-61-55(76)46-26-24-43(25-27-46)47-37-81-59(65-47)73-57(78)52(66-67-58-62-31-34-80-58)50(69-73)44-17-11-8-12-18-44/h7-12,15-18,20-27,31,34,37,39-40,79H,3-6,13-14,19,28-30,32-33,35-36,38H2,1-2H3,(H,61,76)(H,62,67)(H,63,74)/b66-52+/t40-/m1/s1. The summed E-state index contributed by atoms with van der Waals surface area (Å²) in [6.45, 7) is 3.88. The fourth-order valence-corrected chi connectivity index (χ4v) is 11.3. The second kappa shape index (κ2) is 25.7. The number of carbonyl (C=O) groups excluding carboxylic acids is 4. The van der Waals surface area contributed by atoms with Crippen molar-refractivity contribution in [2.75, 3.05) is 30.1 Å². The van der Waals surface area contributed by atoms with E-state index in [0.717, 1.165) is 66.3 Å². The van der Waals surface area contributed by atoms with Crippen LogP contribution in [0.25, 0.3) is 33.5 Å². The molecule has 0 saturated carbocycles. The number of nitrogens with one attached hydrogen (secondary N) is 3. The summed E-state index contributed by atoms with van der Waals surface area (Å²) in [7, 11) is 1.77. The van der Waals surface area contributed by atoms with Crippen LogP contribution in [0, 0.1) is 0 Å². The maximum Gasteiger partial charge on any atom is 0.303 e. The molecule has 1 atom stereocenters. The minimum atomic E-state index is -1.16. The van der Waals surface area contributed by atoms with Crippen molar-refractivity contribution >= 4 is 79.0 Å². The Labute approximate surface area is 476 Å². The number of fused-ring (bicyclic) bond motifs is 1. The van der Waals surface area contributed by atoms with Gasteiger partial charge in [0.25, 0.3) is 11.5 Å². The molecule has 0 spiro atoms. The van der Waals surface area contributed by atoms with E-state index >= 15 is 0 Å². The van der Waals surface area contributed by atoms with Crippen molar-refractivity contribution in [1.29, 1.82) is 0 Å². The molecule has 1 fully saturated rings. The lowest BCUT2D eigenvalue weighted by Gasteiger charge is -2.38. The number of aromatic nitrogens is 6. The fourth-order valence-electron chi connectivity index (χ4n) is 10.0. The number of amides is 4. The minimum absolute atomic E-state index is 0.00591. The highest BCUT2D eigenvalue weighted by Gasteiger charge is 2.37. The molecule has 10 rings (SSSR count). The number of hydrazone groups is 2. The number of likely N-dealkylation sites (tertiary alicyclic amines) is 1. The summed E-state index contributed by atoms with van der Waals surface area (Å²) in [6.07, 6.45) is 10.2. The molecule has 4 aromatic heterocycles. The fraction of sp³-hybridized carbons (Fsp3) is 0.317. The van der Waals surface area contributed by atoms with Crippen molar-refractivity contribution in [2.24, 2.45) is 17.3 Å². The maximum absolute atomic E-state index is 13.7. The summed E-state index contributed by atoms with van der Waals surface area (Å²) < 4.78 is 3.07. The van der Waals surface area contributed by atoms with Crippen LogP contribution in [0.2, 0.25) is 0 Å². The Hall–Kier alpha value is -8.53. The molecule has 0 bridgehead atoms. The summed E-state index contributed by atoms with van der Waals surface area (Å²) in [5.41, 5.74) is 8.90. The highest BCUT2D eigenvalue weighted by molar-refractivity contribution is 7.14. The third kappa shape index (κ3) is 13.6. The maximum atomic E-state index is 13.7. The number of unbranched alkanes of at least 4 members (excludes halogenated alkanes) is 5. The molecule has 0 aliphatic carbocycles. The van der Waals surface area contributed by atoms with Gasteiger partial charge in [0.15, 0.2) is 11.2 Å². The normalized spacial score (nSPS) is 15.0. The number of benzene rings is 4. The first-order valence-corrected chi connectivity index (χ1v) is 29.0. The Morgan fingerprint density at radius 2 is 1.49 bits per heavy atom. The lowest BCUT2D eigenvalue weighted by atomic mass is 9.90. The van der Waals surface area contributed by atoms with Crippen LogP contribution in [-0.2, 0) is 34.5 Å². The molecule has 416 valence electrons. The van der Waals surface area contributed by atoms with Crippen LogP contribution in [0.5, 0.6) is 0 Å². The van der Waals surface area contributed by atoms with E-state index in [1.54, 1.807) is 30.1 Å². The molecule has 1 saturated heterocycles. The van der Waals surface area contributed by atoms with Crippen LogP contribution in [-0.4, -0.2) is 99.6 Å². The molecule has 4 aromatic carbocycles. The van der Waals surface area contributed by atoms with Gasteiger partial charge in [-0.1, -0.05) is 130 Å². The van der Waals surface area contributed by atoms with Crippen molar-refractivity contribution in [1.82, 2.24) is 44.8 Å². The smallest absolute Gasteiger partial charge is 0.303 e. The predicted octanol–water partition coefficient (Wildman–Crippen LogP) is 8.92. The number of aryl methyl sites for hydroxylation is 1. The van der Waals surface area contributed by atoms with Crippen LogP contribution in [0.3, 0.4) is 0 Å². The molecule has 0 radical (unpaired) electrons. The summed E-state index contributed by atoms with van der Waals surface area (Å²) in [6, 6.07) is 34.3. The molecule has 21 heteroatoms. The first-order chi connectivity index (χ1) is 39.4. The van der Waals surface area contributed by atoms with E-state index in [2.05, 4.69) is 41.3 Å². The van der Waals surface area contributed by atoms with Gasteiger partial charge in [0.05, 0.1) is 29.9 Å². The molecule has 19 nitrogen and oxygen atoms in total. The summed E-state index contributed by atoms with van der Waals surface area (Å²) in [4.78, 5) is 81.6. The van der Waals surface area contributed by atoms with Crippen LogP contribution < -0.4 is 26.6 Å². The van der Waals surface area contributed by atoms with Crippen molar-refractivity contribution in [3.8, 4) is 22.5 Å². The summed E-state index contributed by atoms with van der Waals surface area (Å²) in [5.74, 6) is -0.422.